The lowest BCUT2D eigenvalue weighted by molar-refractivity contribution is -0.141. The zero-order valence-corrected chi connectivity index (χ0v) is 17.8. The van der Waals surface area contributed by atoms with Crippen molar-refractivity contribution in [3.8, 4) is 0 Å². The minimum absolute atomic E-state index is 0.00355. The van der Waals surface area contributed by atoms with Crippen molar-refractivity contribution in [1.29, 1.82) is 0 Å². The maximum Gasteiger partial charge on any atom is 0.326 e. The molecule has 0 aromatic heterocycles. The Morgan fingerprint density at radius 1 is 1.03 bits per heavy atom. The molecule has 0 heterocycles. The van der Waals surface area contributed by atoms with E-state index in [0.29, 0.717) is 17.3 Å². The van der Waals surface area contributed by atoms with Crippen molar-refractivity contribution in [2.24, 2.45) is 0 Å². The van der Waals surface area contributed by atoms with Gasteiger partial charge in [-0.15, -0.1) is 0 Å². The summed E-state index contributed by atoms with van der Waals surface area (Å²) in [5.74, 6) is -0.603. The van der Waals surface area contributed by atoms with Crippen LogP contribution < -0.4 is 9.62 Å². The molecule has 7 nitrogen and oxygen atoms in total. The first-order chi connectivity index (χ1) is 13.6. The van der Waals surface area contributed by atoms with E-state index in [1.165, 1.54) is 31.2 Å². The largest absolute Gasteiger partial charge is 0.465 e. The Labute approximate surface area is 171 Å². The van der Waals surface area contributed by atoms with Crippen LogP contribution in [-0.2, 0) is 24.3 Å². The van der Waals surface area contributed by atoms with E-state index in [1.807, 2.05) is 26.0 Å². The molecule has 1 amide bonds. The lowest BCUT2D eigenvalue weighted by atomic mass is 10.0. The summed E-state index contributed by atoms with van der Waals surface area (Å²) in [4.78, 5) is 23.2. The minimum atomic E-state index is -4.03. The number of amides is 1. The van der Waals surface area contributed by atoms with Gasteiger partial charge in [-0.2, -0.15) is 0 Å². The highest BCUT2D eigenvalue weighted by Gasteiger charge is 2.28. The van der Waals surface area contributed by atoms with Gasteiger partial charge in [0.05, 0.1) is 17.2 Å². The summed E-state index contributed by atoms with van der Waals surface area (Å²) in [5, 5.41) is 2.59. The smallest absolute Gasteiger partial charge is 0.326 e. The van der Waals surface area contributed by atoms with Crippen LogP contribution in [0.25, 0.3) is 0 Å². The van der Waals surface area contributed by atoms with E-state index in [1.54, 1.807) is 19.1 Å². The van der Waals surface area contributed by atoms with E-state index in [0.717, 1.165) is 9.87 Å². The summed E-state index contributed by atoms with van der Waals surface area (Å²) in [5.41, 5.74) is 1.91. The number of hydrogen-bond donors (Lipinski definition) is 1. The standard InChI is InChI=1S/C21H26N2O5S/c1-5-28-21(25)14-23(19-10-6-17(7-11-19)15(2)3)29(26,27)20-12-8-18(9-13-20)22-16(4)24/h6-13,15H,5,14H2,1-4H3,(H,22,24). The molecule has 0 radical (unpaired) electrons. The third-order valence-corrected chi connectivity index (χ3v) is 5.98. The molecular formula is C21H26N2O5S. The Hall–Kier alpha value is -2.87. The summed E-state index contributed by atoms with van der Waals surface area (Å²) >= 11 is 0. The van der Waals surface area contributed by atoms with E-state index >= 15 is 0 Å². The number of ether oxygens (including phenoxy) is 1. The van der Waals surface area contributed by atoms with E-state index < -0.39 is 22.5 Å². The van der Waals surface area contributed by atoms with Crippen molar-refractivity contribution in [2.45, 2.75) is 38.5 Å². The van der Waals surface area contributed by atoms with Crippen molar-refractivity contribution in [3.05, 3.63) is 54.1 Å². The van der Waals surface area contributed by atoms with Crippen LogP contribution in [0.2, 0.25) is 0 Å². The predicted molar refractivity (Wildman–Crippen MR) is 112 cm³/mol. The zero-order chi connectivity index (χ0) is 21.6. The van der Waals surface area contributed by atoms with Crippen LogP contribution in [0.4, 0.5) is 11.4 Å². The number of nitrogens with zero attached hydrogens (tertiary/aromatic N) is 1. The quantitative estimate of drug-likeness (QED) is 0.662. The van der Waals surface area contributed by atoms with Crippen molar-refractivity contribution >= 4 is 33.3 Å². The number of anilines is 2. The molecule has 1 N–H and O–H groups in total. The van der Waals surface area contributed by atoms with Gasteiger partial charge in [-0.1, -0.05) is 26.0 Å². The monoisotopic (exact) mass is 418 g/mol. The molecule has 0 unspecified atom stereocenters. The van der Waals surface area contributed by atoms with E-state index in [-0.39, 0.29) is 17.4 Å². The molecule has 29 heavy (non-hydrogen) atoms. The molecule has 0 saturated heterocycles. The fourth-order valence-electron chi connectivity index (χ4n) is 2.71. The number of carbonyl (C=O) groups is 2. The maximum absolute atomic E-state index is 13.3. The topological polar surface area (TPSA) is 92.8 Å². The number of rotatable bonds is 8. The fourth-order valence-corrected chi connectivity index (χ4v) is 4.11. The van der Waals surface area contributed by atoms with Gasteiger partial charge in [0, 0.05) is 12.6 Å². The molecule has 0 saturated carbocycles. The molecule has 0 atom stereocenters. The predicted octanol–water partition coefficient (Wildman–Crippen LogP) is 3.53. The average molecular weight is 419 g/mol. The second-order valence-corrected chi connectivity index (χ2v) is 8.63. The molecule has 0 aliphatic carbocycles. The molecule has 0 aliphatic heterocycles. The molecule has 156 valence electrons. The molecule has 2 rings (SSSR count). The Morgan fingerprint density at radius 3 is 2.10 bits per heavy atom. The Morgan fingerprint density at radius 2 is 1.62 bits per heavy atom. The highest BCUT2D eigenvalue weighted by molar-refractivity contribution is 7.92. The fraction of sp³-hybridized carbons (Fsp3) is 0.333. The number of hydrogen-bond acceptors (Lipinski definition) is 5. The number of benzene rings is 2. The highest BCUT2D eigenvalue weighted by atomic mass is 32.2. The third kappa shape index (κ3) is 5.80. The highest BCUT2D eigenvalue weighted by Crippen LogP contribution is 2.26. The Kier molecular flexibility index (Phi) is 7.39. The third-order valence-electron chi connectivity index (χ3n) is 4.19. The lowest BCUT2D eigenvalue weighted by Gasteiger charge is -2.24. The summed E-state index contributed by atoms with van der Waals surface area (Å²) in [6.45, 7) is 6.83. The normalized spacial score (nSPS) is 11.2. The number of carbonyl (C=O) groups excluding carboxylic acids is 2. The second kappa shape index (κ2) is 9.56. The summed E-state index contributed by atoms with van der Waals surface area (Å²) in [6.07, 6.45) is 0. The molecule has 0 bridgehead atoms. The molecular weight excluding hydrogens is 392 g/mol. The van der Waals surface area contributed by atoms with Crippen molar-refractivity contribution in [2.75, 3.05) is 22.8 Å². The first-order valence-electron chi connectivity index (χ1n) is 9.31. The average Bonchev–Trinajstić information content (AvgIpc) is 2.66. The van der Waals surface area contributed by atoms with Crippen LogP contribution in [0.3, 0.4) is 0 Å². The van der Waals surface area contributed by atoms with Crippen molar-refractivity contribution in [1.82, 2.24) is 0 Å². The Bertz CT molecular complexity index is 952. The van der Waals surface area contributed by atoms with Crippen LogP contribution in [0.5, 0.6) is 0 Å². The second-order valence-electron chi connectivity index (χ2n) is 6.77. The van der Waals surface area contributed by atoms with Gasteiger partial charge in [-0.25, -0.2) is 8.42 Å². The van der Waals surface area contributed by atoms with Gasteiger partial charge in [0.25, 0.3) is 10.0 Å². The van der Waals surface area contributed by atoms with Gasteiger partial charge in [0.1, 0.15) is 6.54 Å². The summed E-state index contributed by atoms with van der Waals surface area (Å²) in [6, 6.07) is 12.8. The van der Waals surface area contributed by atoms with Crippen LogP contribution in [0, 0.1) is 0 Å². The zero-order valence-electron chi connectivity index (χ0n) is 17.0. The van der Waals surface area contributed by atoms with Crippen molar-refractivity contribution in [3.63, 3.8) is 0 Å². The van der Waals surface area contributed by atoms with Gasteiger partial charge < -0.3 is 10.1 Å². The molecule has 2 aromatic rings. The van der Waals surface area contributed by atoms with Gasteiger partial charge in [0.15, 0.2) is 0 Å². The SMILES string of the molecule is CCOC(=O)CN(c1ccc(C(C)C)cc1)S(=O)(=O)c1ccc(NC(C)=O)cc1. The number of nitrogens with one attached hydrogen (secondary N) is 1. The van der Waals surface area contributed by atoms with Crippen LogP contribution >= 0.6 is 0 Å². The molecule has 8 heteroatoms. The number of sulfonamides is 1. The van der Waals surface area contributed by atoms with Crippen LogP contribution in [0.1, 0.15) is 39.2 Å². The van der Waals surface area contributed by atoms with E-state index in [2.05, 4.69) is 5.32 Å². The minimum Gasteiger partial charge on any atom is -0.465 e. The van der Waals surface area contributed by atoms with Gasteiger partial charge in [-0.3, -0.25) is 13.9 Å². The molecule has 0 fully saturated rings. The molecule has 0 aliphatic rings. The number of esters is 1. The first kappa shape index (κ1) is 22.4. The van der Waals surface area contributed by atoms with Crippen molar-refractivity contribution < 1.29 is 22.7 Å². The summed E-state index contributed by atoms with van der Waals surface area (Å²) in [7, 11) is -4.03. The Balaban J connectivity index is 2.42. The van der Waals surface area contributed by atoms with Gasteiger partial charge in [-0.05, 0) is 54.8 Å². The van der Waals surface area contributed by atoms with E-state index in [4.69, 9.17) is 4.74 Å². The van der Waals surface area contributed by atoms with Crippen LogP contribution in [0.15, 0.2) is 53.4 Å². The first-order valence-corrected chi connectivity index (χ1v) is 10.7. The molecule has 0 spiro atoms. The van der Waals surface area contributed by atoms with Crippen LogP contribution in [-0.4, -0.2) is 33.4 Å². The maximum atomic E-state index is 13.3. The summed E-state index contributed by atoms with van der Waals surface area (Å²) < 4.78 is 32.5. The molecule has 2 aromatic carbocycles. The van der Waals surface area contributed by atoms with Gasteiger partial charge in [0.2, 0.25) is 5.91 Å². The van der Waals surface area contributed by atoms with E-state index in [9.17, 15) is 18.0 Å². The van der Waals surface area contributed by atoms with Gasteiger partial charge >= 0.3 is 5.97 Å². The lowest BCUT2D eigenvalue weighted by Crippen LogP contribution is -2.36.